The van der Waals surface area contributed by atoms with Crippen LogP contribution >= 0.6 is 0 Å². The van der Waals surface area contributed by atoms with Crippen molar-refractivity contribution in [1.82, 2.24) is 16.0 Å². The first kappa shape index (κ1) is 16.3. The van der Waals surface area contributed by atoms with E-state index < -0.39 is 12.0 Å². The highest BCUT2D eigenvalue weighted by Crippen LogP contribution is 2.28. The molecule has 0 spiro atoms. The molecule has 1 unspecified atom stereocenters. The van der Waals surface area contributed by atoms with E-state index in [2.05, 4.69) is 16.0 Å². The number of likely N-dealkylation sites (N-methyl/N-ethyl adjacent to an activating group) is 1. The first-order chi connectivity index (χ1) is 9.43. The Morgan fingerprint density at radius 2 is 1.80 bits per heavy atom. The Morgan fingerprint density at radius 3 is 2.30 bits per heavy atom. The summed E-state index contributed by atoms with van der Waals surface area (Å²) < 4.78 is 0. The van der Waals surface area contributed by atoms with Crippen molar-refractivity contribution in [3.63, 3.8) is 0 Å². The number of hydrogen-bond acceptors (Lipinski definition) is 3. The average molecular weight is 285 g/mol. The summed E-state index contributed by atoms with van der Waals surface area (Å²) in [6.07, 6.45) is 2.94. The van der Waals surface area contributed by atoms with Gasteiger partial charge in [-0.1, -0.05) is 0 Å². The zero-order valence-electron chi connectivity index (χ0n) is 11.9. The molecule has 1 saturated carbocycles. The molecule has 4 N–H and O–H groups in total. The molecule has 0 radical (unpaired) electrons. The summed E-state index contributed by atoms with van der Waals surface area (Å²) in [6.45, 7) is 2.12. The van der Waals surface area contributed by atoms with Crippen LogP contribution in [0, 0.1) is 11.8 Å². The molecule has 0 aliphatic heterocycles. The molecule has 0 heterocycles. The Kier molecular flexibility index (Phi) is 6.27. The third-order valence-electron chi connectivity index (χ3n) is 3.73. The quantitative estimate of drug-likeness (QED) is 0.583. The second kappa shape index (κ2) is 7.72. The normalized spacial score (nSPS) is 23.5. The Balaban J connectivity index is 2.22. The highest BCUT2D eigenvalue weighted by atomic mass is 16.4. The van der Waals surface area contributed by atoms with Crippen molar-refractivity contribution >= 4 is 17.9 Å². The minimum absolute atomic E-state index is 0.242. The van der Waals surface area contributed by atoms with E-state index in [0.717, 1.165) is 12.8 Å². The van der Waals surface area contributed by atoms with Crippen molar-refractivity contribution in [3.8, 4) is 0 Å². The standard InChI is InChI=1S/C13H23N3O4/c1-8(11(17)14-2)16-13(20)15-7-9-3-5-10(6-4-9)12(18)19/h8-10H,3-7H2,1-2H3,(H,14,17)(H,18,19)(H2,15,16,20). The lowest BCUT2D eigenvalue weighted by Gasteiger charge is -2.26. The van der Waals surface area contributed by atoms with Crippen LogP contribution < -0.4 is 16.0 Å². The van der Waals surface area contributed by atoms with Crippen LogP contribution in [0.25, 0.3) is 0 Å². The predicted octanol–water partition coefficient (Wildman–Crippen LogP) is 0.311. The number of carbonyl (C=O) groups excluding carboxylic acids is 2. The van der Waals surface area contributed by atoms with Crippen molar-refractivity contribution < 1.29 is 19.5 Å². The lowest BCUT2D eigenvalue weighted by atomic mass is 9.82. The van der Waals surface area contributed by atoms with E-state index in [1.807, 2.05) is 0 Å². The molecular weight excluding hydrogens is 262 g/mol. The summed E-state index contributed by atoms with van der Waals surface area (Å²) in [5.74, 6) is -0.907. The second-order valence-electron chi connectivity index (χ2n) is 5.25. The van der Waals surface area contributed by atoms with Gasteiger partial charge in [0.2, 0.25) is 5.91 Å². The summed E-state index contributed by atoms with van der Waals surface area (Å²) in [6, 6.07) is -0.954. The van der Waals surface area contributed by atoms with Gasteiger partial charge >= 0.3 is 12.0 Å². The minimum atomic E-state index is -0.728. The number of nitrogens with one attached hydrogen (secondary N) is 3. The van der Waals surface area contributed by atoms with E-state index in [1.54, 1.807) is 6.92 Å². The van der Waals surface area contributed by atoms with Crippen LogP contribution in [-0.4, -0.2) is 42.6 Å². The maximum absolute atomic E-state index is 11.6. The monoisotopic (exact) mass is 285 g/mol. The number of urea groups is 1. The SMILES string of the molecule is CNC(=O)C(C)NC(=O)NCC1CCC(C(=O)O)CC1. The van der Waals surface area contributed by atoms with Crippen LogP contribution in [-0.2, 0) is 9.59 Å². The van der Waals surface area contributed by atoms with E-state index in [0.29, 0.717) is 25.3 Å². The molecule has 0 bridgehead atoms. The third-order valence-corrected chi connectivity index (χ3v) is 3.73. The fourth-order valence-electron chi connectivity index (χ4n) is 2.38. The van der Waals surface area contributed by atoms with Gasteiger partial charge < -0.3 is 21.1 Å². The first-order valence-corrected chi connectivity index (χ1v) is 6.92. The summed E-state index contributed by atoms with van der Waals surface area (Å²) in [5.41, 5.74) is 0. The number of hydrogen-bond donors (Lipinski definition) is 4. The highest BCUT2D eigenvalue weighted by Gasteiger charge is 2.26. The summed E-state index contributed by atoms with van der Waals surface area (Å²) in [5, 5.41) is 16.6. The molecule has 0 aromatic heterocycles. The molecule has 1 aliphatic rings. The van der Waals surface area contributed by atoms with Gasteiger partial charge in [0.1, 0.15) is 6.04 Å². The lowest BCUT2D eigenvalue weighted by Crippen LogP contribution is -2.48. The molecule has 7 heteroatoms. The number of carbonyl (C=O) groups is 3. The molecule has 0 saturated heterocycles. The number of aliphatic carboxylic acids is 1. The molecule has 7 nitrogen and oxygen atoms in total. The highest BCUT2D eigenvalue weighted by molar-refractivity contribution is 5.86. The predicted molar refractivity (Wildman–Crippen MR) is 73.1 cm³/mol. The van der Waals surface area contributed by atoms with Crippen molar-refractivity contribution in [2.45, 2.75) is 38.6 Å². The van der Waals surface area contributed by atoms with E-state index in [1.165, 1.54) is 7.05 Å². The van der Waals surface area contributed by atoms with Crippen molar-refractivity contribution in [2.75, 3.05) is 13.6 Å². The van der Waals surface area contributed by atoms with Gasteiger partial charge in [-0.3, -0.25) is 9.59 Å². The van der Waals surface area contributed by atoms with Crippen LogP contribution in [0.5, 0.6) is 0 Å². The van der Waals surface area contributed by atoms with Gasteiger partial charge in [0.05, 0.1) is 5.92 Å². The van der Waals surface area contributed by atoms with Gasteiger partial charge in [-0.25, -0.2) is 4.79 Å². The van der Waals surface area contributed by atoms with Gasteiger partial charge in [0, 0.05) is 13.6 Å². The van der Waals surface area contributed by atoms with E-state index >= 15 is 0 Å². The van der Waals surface area contributed by atoms with Crippen LogP contribution in [0.3, 0.4) is 0 Å². The first-order valence-electron chi connectivity index (χ1n) is 6.92. The second-order valence-corrected chi connectivity index (χ2v) is 5.25. The Labute approximate surface area is 118 Å². The fourth-order valence-corrected chi connectivity index (χ4v) is 2.38. The molecule has 1 atom stereocenters. The topological polar surface area (TPSA) is 108 Å². The Bertz CT molecular complexity index is 365. The van der Waals surface area contributed by atoms with Crippen LogP contribution in [0.2, 0.25) is 0 Å². The number of carboxylic acids is 1. The maximum atomic E-state index is 11.6. The molecule has 20 heavy (non-hydrogen) atoms. The number of amides is 3. The largest absolute Gasteiger partial charge is 0.481 e. The summed E-state index contributed by atoms with van der Waals surface area (Å²) in [4.78, 5) is 33.7. The van der Waals surface area contributed by atoms with Gasteiger partial charge in [-0.05, 0) is 38.5 Å². The van der Waals surface area contributed by atoms with Crippen LogP contribution in [0.1, 0.15) is 32.6 Å². The number of carboxylic acid groups (broad SMARTS) is 1. The van der Waals surface area contributed by atoms with Crippen molar-refractivity contribution in [2.24, 2.45) is 11.8 Å². The lowest BCUT2D eigenvalue weighted by molar-refractivity contribution is -0.143. The molecule has 114 valence electrons. The van der Waals surface area contributed by atoms with Crippen molar-refractivity contribution in [1.29, 1.82) is 0 Å². The Hall–Kier alpha value is -1.79. The minimum Gasteiger partial charge on any atom is -0.481 e. The molecule has 1 aliphatic carbocycles. The molecule has 0 aromatic rings. The summed E-state index contributed by atoms with van der Waals surface area (Å²) >= 11 is 0. The van der Waals surface area contributed by atoms with Crippen LogP contribution in [0.4, 0.5) is 4.79 Å². The van der Waals surface area contributed by atoms with Crippen molar-refractivity contribution in [3.05, 3.63) is 0 Å². The Morgan fingerprint density at radius 1 is 1.20 bits per heavy atom. The van der Waals surface area contributed by atoms with E-state index in [9.17, 15) is 14.4 Å². The number of rotatable bonds is 5. The third kappa shape index (κ3) is 5.07. The van der Waals surface area contributed by atoms with Gasteiger partial charge in [0.15, 0.2) is 0 Å². The van der Waals surface area contributed by atoms with Crippen LogP contribution in [0.15, 0.2) is 0 Å². The van der Waals surface area contributed by atoms with Gasteiger partial charge in [-0.15, -0.1) is 0 Å². The molecule has 3 amide bonds. The molecule has 1 fully saturated rings. The smallest absolute Gasteiger partial charge is 0.315 e. The maximum Gasteiger partial charge on any atom is 0.315 e. The zero-order chi connectivity index (χ0) is 15.1. The van der Waals surface area contributed by atoms with Gasteiger partial charge in [0.25, 0.3) is 0 Å². The van der Waals surface area contributed by atoms with Gasteiger partial charge in [-0.2, -0.15) is 0 Å². The fraction of sp³-hybridized carbons (Fsp3) is 0.769. The van der Waals surface area contributed by atoms with E-state index in [4.69, 9.17) is 5.11 Å². The zero-order valence-corrected chi connectivity index (χ0v) is 11.9. The van der Waals surface area contributed by atoms with E-state index in [-0.39, 0.29) is 17.9 Å². The molecule has 1 rings (SSSR count). The average Bonchev–Trinajstić information content (AvgIpc) is 2.44. The molecule has 0 aromatic carbocycles. The molecular formula is C13H23N3O4. The summed E-state index contributed by atoms with van der Waals surface area (Å²) in [7, 11) is 1.51.